The highest BCUT2D eigenvalue weighted by molar-refractivity contribution is 9.10. The van der Waals surface area contributed by atoms with Crippen LogP contribution in [0.1, 0.15) is 0 Å². The Labute approximate surface area is 57.7 Å². The highest BCUT2D eigenvalue weighted by Crippen LogP contribution is 2.24. The van der Waals surface area contributed by atoms with Gasteiger partial charge in [-0.3, -0.25) is 0 Å². The zero-order valence-electron chi connectivity index (χ0n) is 4.17. The molecule has 54 valence electrons. The molecule has 0 bridgehead atoms. The summed E-state index contributed by atoms with van der Waals surface area (Å²) in [5.41, 5.74) is 0. The average molecular weight is 207 g/mol. The van der Waals surface area contributed by atoms with Crippen LogP contribution in [0.4, 0.5) is 17.6 Å². The van der Waals surface area contributed by atoms with E-state index in [1.807, 2.05) is 0 Å². The van der Waals surface area contributed by atoms with Crippen molar-refractivity contribution in [3.05, 3.63) is 11.9 Å². The minimum atomic E-state index is -3.44. The summed E-state index contributed by atoms with van der Waals surface area (Å²) in [4.78, 5) is -3.44. The van der Waals surface area contributed by atoms with Crippen molar-refractivity contribution in [1.29, 1.82) is 0 Å². The molecule has 0 rings (SSSR count). The normalized spacial score (nSPS) is 14.1. The Morgan fingerprint density at radius 2 is 2.00 bits per heavy atom. The average Bonchev–Trinajstić information content (AvgIpc) is 1.62. The summed E-state index contributed by atoms with van der Waals surface area (Å²) < 4.78 is 45.9. The molecule has 9 heavy (non-hydrogen) atoms. The zero-order chi connectivity index (χ0) is 7.49. The van der Waals surface area contributed by atoms with E-state index in [-0.39, 0.29) is 6.08 Å². The Kier molecular flexibility index (Phi) is 3.17. The second-order valence-corrected chi connectivity index (χ2v) is 2.32. The van der Waals surface area contributed by atoms with E-state index < -0.39 is 17.3 Å². The molecule has 0 fully saturated rings. The van der Waals surface area contributed by atoms with Gasteiger partial charge < -0.3 is 0 Å². The second-order valence-electron chi connectivity index (χ2n) is 1.27. The molecule has 0 saturated carbocycles. The highest BCUT2D eigenvalue weighted by atomic mass is 79.9. The third kappa shape index (κ3) is 5.82. The summed E-state index contributed by atoms with van der Waals surface area (Å²) >= 11 is 1.80. The van der Waals surface area contributed by atoms with Crippen LogP contribution in [-0.4, -0.2) is 11.5 Å². The Morgan fingerprint density at radius 1 is 1.56 bits per heavy atom. The van der Waals surface area contributed by atoms with Crippen LogP contribution in [0.3, 0.4) is 0 Å². The molecule has 0 aromatic carbocycles. The zero-order valence-corrected chi connectivity index (χ0v) is 5.76. The molecule has 0 unspecified atom stereocenters. The molecule has 5 heteroatoms. The van der Waals surface area contributed by atoms with Gasteiger partial charge in [-0.15, -0.1) is 0 Å². The van der Waals surface area contributed by atoms with Gasteiger partial charge in [-0.05, 0) is 15.9 Å². The third-order valence-corrected chi connectivity index (χ3v) is 0.677. The predicted octanol–water partition coefficient (Wildman–Crippen LogP) is 2.80. The number of rotatable bonds is 2. The molecule has 0 aliphatic rings. The van der Waals surface area contributed by atoms with E-state index in [0.717, 1.165) is 0 Å². The van der Waals surface area contributed by atoms with Crippen LogP contribution in [0.2, 0.25) is 0 Å². The number of allylic oxidation sites excluding steroid dienone is 2. The van der Waals surface area contributed by atoms with E-state index >= 15 is 0 Å². The van der Waals surface area contributed by atoms with Crippen LogP contribution in [0.25, 0.3) is 0 Å². The Bertz CT molecular complexity index is 114. The lowest BCUT2D eigenvalue weighted by Crippen LogP contribution is -1.99. The summed E-state index contributed by atoms with van der Waals surface area (Å²) in [6.45, 7) is -1.50. The molecule has 0 radical (unpaired) electrons. The van der Waals surface area contributed by atoms with Crippen LogP contribution in [0.5, 0.6) is 0 Å². The van der Waals surface area contributed by atoms with E-state index in [9.17, 15) is 17.6 Å². The van der Waals surface area contributed by atoms with Gasteiger partial charge in [0.25, 0.3) is 0 Å². The van der Waals surface area contributed by atoms with Gasteiger partial charge in [-0.1, -0.05) is 0 Å². The molecule has 0 N–H and O–H groups in total. The van der Waals surface area contributed by atoms with Crippen LogP contribution < -0.4 is 0 Å². The van der Waals surface area contributed by atoms with Crippen molar-refractivity contribution in [3.8, 4) is 0 Å². The molecule has 0 aromatic rings. The molecular formula is C4H3BrF4. The minimum Gasteiger partial charge on any atom is -0.243 e. The lowest BCUT2D eigenvalue weighted by atomic mass is 10.5. The van der Waals surface area contributed by atoms with Crippen molar-refractivity contribution in [2.75, 3.05) is 6.67 Å². The highest BCUT2D eigenvalue weighted by Gasteiger charge is 2.21. The van der Waals surface area contributed by atoms with Gasteiger partial charge in [0.15, 0.2) is 0 Å². The van der Waals surface area contributed by atoms with Crippen molar-refractivity contribution in [3.63, 3.8) is 0 Å². The van der Waals surface area contributed by atoms with Crippen molar-refractivity contribution < 1.29 is 17.6 Å². The molecule has 0 heterocycles. The predicted molar refractivity (Wildman–Crippen MR) is 29.0 cm³/mol. The molecule has 0 aliphatic heterocycles. The standard InChI is InChI=1S/C4H3BrF4/c5-4(8,9)1-3(7)2-6/h1H,2H2. The number of alkyl halides is 4. The fourth-order valence-electron chi connectivity index (χ4n) is 0.216. The van der Waals surface area contributed by atoms with Gasteiger partial charge in [0, 0.05) is 6.08 Å². The maximum absolute atomic E-state index is 11.6. The third-order valence-electron chi connectivity index (χ3n) is 0.448. The van der Waals surface area contributed by atoms with Crippen LogP contribution >= 0.6 is 15.9 Å². The second kappa shape index (κ2) is 3.20. The summed E-state index contributed by atoms with van der Waals surface area (Å²) in [5, 5.41) is 0. The summed E-state index contributed by atoms with van der Waals surface area (Å²) in [6, 6.07) is 0. The van der Waals surface area contributed by atoms with Gasteiger partial charge in [0.2, 0.25) is 0 Å². The molecule has 0 atom stereocenters. The van der Waals surface area contributed by atoms with Crippen molar-refractivity contribution in [2.24, 2.45) is 0 Å². The maximum atomic E-state index is 11.6. The van der Waals surface area contributed by atoms with Gasteiger partial charge >= 0.3 is 4.83 Å². The molecule has 0 amide bonds. The SMILES string of the molecule is FCC(F)=CC(F)(F)Br. The van der Waals surface area contributed by atoms with E-state index in [1.54, 1.807) is 15.9 Å². The lowest BCUT2D eigenvalue weighted by Gasteiger charge is -1.98. The molecule has 0 saturated heterocycles. The van der Waals surface area contributed by atoms with Crippen molar-refractivity contribution in [1.82, 2.24) is 0 Å². The van der Waals surface area contributed by atoms with Crippen LogP contribution in [0, 0.1) is 0 Å². The Morgan fingerprint density at radius 3 is 2.11 bits per heavy atom. The first-order valence-corrected chi connectivity index (χ1v) is 2.75. The molecule has 0 aromatic heterocycles. The molecular weight excluding hydrogens is 204 g/mol. The van der Waals surface area contributed by atoms with Gasteiger partial charge in [-0.2, -0.15) is 8.78 Å². The Balaban J connectivity index is 3.95. The van der Waals surface area contributed by atoms with E-state index in [0.29, 0.717) is 0 Å². The fourth-order valence-corrected chi connectivity index (χ4v) is 0.465. The van der Waals surface area contributed by atoms with Crippen molar-refractivity contribution >= 4 is 15.9 Å². The summed E-state index contributed by atoms with van der Waals surface area (Å²) in [5.74, 6) is -1.48. The summed E-state index contributed by atoms with van der Waals surface area (Å²) in [7, 11) is 0. The van der Waals surface area contributed by atoms with Crippen LogP contribution in [-0.2, 0) is 0 Å². The molecule has 0 aliphatic carbocycles. The molecule has 0 nitrogen and oxygen atoms in total. The Hall–Kier alpha value is -0.0600. The monoisotopic (exact) mass is 206 g/mol. The quantitative estimate of drug-likeness (QED) is 0.482. The number of halogens is 5. The van der Waals surface area contributed by atoms with Gasteiger partial charge in [0.1, 0.15) is 12.5 Å². The van der Waals surface area contributed by atoms with Gasteiger partial charge in [-0.25, -0.2) is 8.78 Å². The topological polar surface area (TPSA) is 0 Å². The van der Waals surface area contributed by atoms with Crippen LogP contribution in [0.15, 0.2) is 11.9 Å². The smallest absolute Gasteiger partial charge is 0.243 e. The number of hydrogen-bond donors (Lipinski definition) is 0. The summed E-state index contributed by atoms with van der Waals surface area (Å²) in [6.07, 6.45) is -0.132. The first-order chi connectivity index (χ1) is 3.95. The fraction of sp³-hybridized carbons (Fsp3) is 0.500. The number of hydrogen-bond acceptors (Lipinski definition) is 0. The van der Waals surface area contributed by atoms with Crippen molar-refractivity contribution in [2.45, 2.75) is 4.83 Å². The molecule has 0 spiro atoms. The van der Waals surface area contributed by atoms with E-state index in [4.69, 9.17) is 0 Å². The van der Waals surface area contributed by atoms with E-state index in [1.165, 1.54) is 0 Å². The van der Waals surface area contributed by atoms with Gasteiger partial charge in [0.05, 0.1) is 0 Å². The first-order valence-electron chi connectivity index (χ1n) is 1.95. The minimum absolute atomic E-state index is 0.132. The van der Waals surface area contributed by atoms with E-state index in [2.05, 4.69) is 0 Å². The lowest BCUT2D eigenvalue weighted by molar-refractivity contribution is 0.167. The maximum Gasteiger partial charge on any atom is 0.322 e. The first kappa shape index (κ1) is 8.94. The largest absolute Gasteiger partial charge is 0.322 e.